The van der Waals surface area contributed by atoms with Gasteiger partial charge in [0.15, 0.2) is 0 Å². The monoisotopic (exact) mass is 263 g/mol. The van der Waals surface area contributed by atoms with Gasteiger partial charge in [-0.25, -0.2) is 0 Å². The van der Waals surface area contributed by atoms with Crippen LogP contribution in [0.5, 0.6) is 0 Å². The van der Waals surface area contributed by atoms with Crippen LogP contribution in [0.25, 0.3) is 21.8 Å². The first-order valence-electron chi connectivity index (χ1n) is 7.84. The summed E-state index contributed by atoms with van der Waals surface area (Å²) in [6, 6.07) is 16.3. The van der Waals surface area contributed by atoms with Gasteiger partial charge in [-0.05, 0) is 31.4 Å². The lowest BCUT2D eigenvalue weighted by atomic mass is 9.95. The quantitative estimate of drug-likeness (QED) is 0.538. The number of hydrogen-bond acceptors (Lipinski definition) is 0. The second kappa shape index (κ2) is 4.66. The highest BCUT2D eigenvalue weighted by Gasteiger charge is 2.20. The number of fused-ring (bicyclic) bond motifs is 3. The molecule has 1 nitrogen and oxygen atoms in total. The molecule has 0 aliphatic heterocycles. The zero-order valence-corrected chi connectivity index (χ0v) is 12.1. The molecule has 0 spiro atoms. The van der Waals surface area contributed by atoms with E-state index in [0.717, 1.165) is 0 Å². The van der Waals surface area contributed by atoms with E-state index in [-0.39, 0.29) is 0 Å². The van der Waals surface area contributed by atoms with Crippen molar-refractivity contribution >= 4 is 21.8 Å². The van der Waals surface area contributed by atoms with Crippen LogP contribution in [-0.4, -0.2) is 4.57 Å². The molecule has 0 radical (unpaired) electrons. The van der Waals surface area contributed by atoms with Gasteiger partial charge in [0, 0.05) is 22.3 Å². The third kappa shape index (κ3) is 1.69. The van der Waals surface area contributed by atoms with Crippen molar-refractivity contribution in [2.45, 2.75) is 45.1 Å². The Labute approximate surface area is 120 Å². The first kappa shape index (κ1) is 12.0. The molecule has 0 N–H and O–H groups in total. The van der Waals surface area contributed by atoms with Crippen molar-refractivity contribution in [1.82, 2.24) is 4.57 Å². The second-order valence-corrected chi connectivity index (χ2v) is 6.15. The Kier molecular flexibility index (Phi) is 2.80. The number of nitrogens with zero attached hydrogens (tertiary/aromatic N) is 1. The minimum Gasteiger partial charge on any atom is -0.337 e. The van der Waals surface area contributed by atoms with Crippen molar-refractivity contribution in [2.24, 2.45) is 0 Å². The van der Waals surface area contributed by atoms with E-state index in [1.807, 2.05) is 0 Å². The van der Waals surface area contributed by atoms with Gasteiger partial charge in [0.05, 0.1) is 5.52 Å². The number of para-hydroxylation sites is 2. The fourth-order valence-corrected chi connectivity index (χ4v) is 3.95. The summed E-state index contributed by atoms with van der Waals surface area (Å²) in [5.74, 6) is 0. The van der Waals surface area contributed by atoms with E-state index in [0.29, 0.717) is 6.04 Å². The highest BCUT2D eigenvalue weighted by molar-refractivity contribution is 6.09. The number of rotatable bonds is 1. The van der Waals surface area contributed by atoms with Gasteiger partial charge in [-0.15, -0.1) is 0 Å². The maximum absolute atomic E-state index is 2.64. The Morgan fingerprint density at radius 3 is 2.45 bits per heavy atom. The molecule has 3 aromatic rings. The number of benzene rings is 2. The summed E-state index contributed by atoms with van der Waals surface area (Å²) in [7, 11) is 0. The van der Waals surface area contributed by atoms with Gasteiger partial charge in [0.25, 0.3) is 0 Å². The van der Waals surface area contributed by atoms with Crippen LogP contribution in [0.2, 0.25) is 0 Å². The topological polar surface area (TPSA) is 4.93 Å². The Morgan fingerprint density at radius 2 is 1.60 bits per heavy atom. The van der Waals surface area contributed by atoms with Crippen molar-refractivity contribution in [1.29, 1.82) is 0 Å². The fraction of sp³-hybridized carbons (Fsp3) is 0.368. The number of aromatic nitrogens is 1. The van der Waals surface area contributed by atoms with Crippen LogP contribution in [0.1, 0.15) is 43.7 Å². The summed E-state index contributed by atoms with van der Waals surface area (Å²) in [4.78, 5) is 0. The lowest BCUT2D eigenvalue weighted by molar-refractivity contribution is 0.367. The van der Waals surface area contributed by atoms with Gasteiger partial charge < -0.3 is 4.57 Å². The first-order chi connectivity index (χ1) is 9.86. The molecule has 1 heteroatoms. The van der Waals surface area contributed by atoms with Crippen LogP contribution >= 0.6 is 0 Å². The first-order valence-corrected chi connectivity index (χ1v) is 7.84. The molecule has 0 saturated heterocycles. The molecule has 1 fully saturated rings. The van der Waals surface area contributed by atoms with Gasteiger partial charge >= 0.3 is 0 Å². The highest BCUT2D eigenvalue weighted by atomic mass is 15.0. The molecule has 20 heavy (non-hydrogen) atoms. The summed E-state index contributed by atoms with van der Waals surface area (Å²) in [6.45, 7) is 2.25. The average molecular weight is 263 g/mol. The average Bonchev–Trinajstić information content (AvgIpc) is 2.84. The lowest BCUT2D eigenvalue weighted by Gasteiger charge is -2.25. The minimum absolute atomic E-state index is 0.687. The second-order valence-electron chi connectivity index (χ2n) is 6.15. The van der Waals surface area contributed by atoms with Crippen LogP contribution < -0.4 is 0 Å². The summed E-state index contributed by atoms with van der Waals surface area (Å²) >= 11 is 0. The molecular formula is C19H21N. The van der Waals surface area contributed by atoms with Crippen molar-refractivity contribution in [3.63, 3.8) is 0 Å². The summed E-state index contributed by atoms with van der Waals surface area (Å²) < 4.78 is 2.64. The largest absolute Gasteiger partial charge is 0.337 e. The van der Waals surface area contributed by atoms with Crippen LogP contribution in [0.3, 0.4) is 0 Å². The molecule has 0 bridgehead atoms. The van der Waals surface area contributed by atoms with Crippen molar-refractivity contribution in [3.05, 3.63) is 48.0 Å². The molecule has 1 aromatic heterocycles. The van der Waals surface area contributed by atoms with Gasteiger partial charge in [0.2, 0.25) is 0 Å². The van der Waals surface area contributed by atoms with E-state index in [9.17, 15) is 0 Å². The number of aryl methyl sites for hydroxylation is 1. The van der Waals surface area contributed by atoms with Crippen molar-refractivity contribution in [2.75, 3.05) is 0 Å². The van der Waals surface area contributed by atoms with Crippen molar-refractivity contribution < 1.29 is 0 Å². The van der Waals surface area contributed by atoms with Crippen LogP contribution in [0.15, 0.2) is 42.5 Å². The molecule has 1 heterocycles. The number of hydrogen-bond donors (Lipinski definition) is 0. The molecule has 102 valence electrons. The predicted octanol–water partition coefficient (Wildman–Crippen LogP) is 5.61. The Bertz CT molecular complexity index is 760. The Morgan fingerprint density at radius 1 is 0.850 bits per heavy atom. The third-order valence-corrected chi connectivity index (χ3v) is 4.87. The highest BCUT2D eigenvalue weighted by Crippen LogP contribution is 2.38. The van der Waals surface area contributed by atoms with Crippen LogP contribution in [0, 0.1) is 6.92 Å². The van der Waals surface area contributed by atoms with E-state index >= 15 is 0 Å². The summed E-state index contributed by atoms with van der Waals surface area (Å²) in [6.07, 6.45) is 6.84. The standard InChI is InChI=1S/C19H21N/c1-14-8-7-12-17-16-11-5-6-13-18(16)20(19(14)17)15-9-3-2-4-10-15/h5-8,11-13,15H,2-4,9-10H2,1H3. The summed E-state index contributed by atoms with van der Waals surface area (Å²) in [5.41, 5.74) is 4.29. The maximum atomic E-state index is 2.64. The van der Waals surface area contributed by atoms with Gasteiger partial charge in [0.1, 0.15) is 0 Å². The predicted molar refractivity (Wildman–Crippen MR) is 86.3 cm³/mol. The summed E-state index contributed by atoms with van der Waals surface area (Å²) in [5, 5.41) is 2.84. The molecule has 2 aromatic carbocycles. The molecule has 0 amide bonds. The van der Waals surface area contributed by atoms with Crippen LogP contribution in [0.4, 0.5) is 0 Å². The molecule has 1 saturated carbocycles. The van der Waals surface area contributed by atoms with E-state index in [4.69, 9.17) is 0 Å². The minimum atomic E-state index is 0.687. The molecular weight excluding hydrogens is 242 g/mol. The van der Waals surface area contributed by atoms with E-state index in [1.165, 1.54) is 59.5 Å². The molecule has 0 unspecified atom stereocenters. The molecule has 4 rings (SSSR count). The van der Waals surface area contributed by atoms with E-state index < -0.39 is 0 Å². The molecule has 1 aliphatic carbocycles. The van der Waals surface area contributed by atoms with Crippen molar-refractivity contribution in [3.8, 4) is 0 Å². The Balaban J connectivity index is 2.09. The van der Waals surface area contributed by atoms with Gasteiger partial charge in [-0.3, -0.25) is 0 Å². The zero-order chi connectivity index (χ0) is 13.5. The molecule has 0 atom stereocenters. The lowest BCUT2D eigenvalue weighted by Crippen LogP contribution is -2.12. The SMILES string of the molecule is Cc1cccc2c3ccccc3n(C3CCCCC3)c12. The zero-order valence-electron chi connectivity index (χ0n) is 12.1. The smallest absolute Gasteiger partial charge is 0.0523 e. The van der Waals surface area contributed by atoms with Crippen LogP contribution in [-0.2, 0) is 0 Å². The third-order valence-electron chi connectivity index (χ3n) is 4.87. The fourth-order valence-electron chi connectivity index (χ4n) is 3.95. The maximum Gasteiger partial charge on any atom is 0.0523 e. The van der Waals surface area contributed by atoms with Gasteiger partial charge in [-0.2, -0.15) is 0 Å². The normalized spacial score (nSPS) is 17.1. The molecule has 1 aliphatic rings. The van der Waals surface area contributed by atoms with E-state index in [2.05, 4.69) is 54.0 Å². The van der Waals surface area contributed by atoms with E-state index in [1.54, 1.807) is 0 Å². The Hall–Kier alpha value is -1.76. The van der Waals surface area contributed by atoms with Gasteiger partial charge in [-0.1, -0.05) is 55.7 Å².